The molecule has 0 amide bonds. The Balaban J connectivity index is 2.11. The summed E-state index contributed by atoms with van der Waals surface area (Å²) in [6.45, 7) is 1.88. The average molecular weight is 268 g/mol. The SMILES string of the molecule is Cc1n[nH]c(=S)nc1Nc1cccc2ccccc12. The fraction of sp³-hybridized carbons (Fsp3) is 0.0714. The number of nitrogens with zero attached hydrogens (tertiary/aromatic N) is 2. The number of fused-ring (bicyclic) bond motifs is 1. The van der Waals surface area contributed by atoms with Gasteiger partial charge in [0.2, 0.25) is 4.77 Å². The van der Waals surface area contributed by atoms with Gasteiger partial charge in [-0.3, -0.25) is 5.10 Å². The smallest absolute Gasteiger partial charge is 0.215 e. The quantitative estimate of drug-likeness (QED) is 0.695. The molecular weight excluding hydrogens is 256 g/mol. The fourth-order valence-electron chi connectivity index (χ4n) is 1.97. The predicted octanol–water partition coefficient (Wildman–Crippen LogP) is 3.74. The zero-order valence-corrected chi connectivity index (χ0v) is 11.2. The van der Waals surface area contributed by atoms with Crippen LogP contribution in [0.25, 0.3) is 10.8 Å². The molecule has 2 N–H and O–H groups in total. The number of hydrogen-bond donors (Lipinski definition) is 2. The molecule has 0 radical (unpaired) electrons. The lowest BCUT2D eigenvalue weighted by Crippen LogP contribution is -2.01. The summed E-state index contributed by atoms with van der Waals surface area (Å²) in [6.07, 6.45) is 0. The van der Waals surface area contributed by atoms with Gasteiger partial charge in [-0.25, -0.2) is 0 Å². The van der Waals surface area contributed by atoms with Crippen molar-refractivity contribution in [2.75, 3.05) is 5.32 Å². The first-order valence-corrected chi connectivity index (χ1v) is 6.33. The van der Waals surface area contributed by atoms with Gasteiger partial charge < -0.3 is 5.32 Å². The molecule has 0 aliphatic rings. The van der Waals surface area contributed by atoms with Crippen molar-refractivity contribution < 1.29 is 0 Å². The number of nitrogens with one attached hydrogen (secondary N) is 2. The van der Waals surface area contributed by atoms with E-state index in [1.165, 1.54) is 5.39 Å². The van der Waals surface area contributed by atoms with E-state index in [1.807, 2.05) is 31.2 Å². The van der Waals surface area contributed by atoms with Crippen molar-refractivity contribution in [1.82, 2.24) is 15.2 Å². The Kier molecular flexibility index (Phi) is 2.97. The highest BCUT2D eigenvalue weighted by molar-refractivity contribution is 7.71. The normalized spacial score (nSPS) is 10.6. The summed E-state index contributed by atoms with van der Waals surface area (Å²) in [4.78, 5) is 4.26. The van der Waals surface area contributed by atoms with Gasteiger partial charge in [0, 0.05) is 11.1 Å². The molecule has 1 heterocycles. The molecule has 3 rings (SSSR count). The molecule has 3 aromatic rings. The lowest BCUT2D eigenvalue weighted by molar-refractivity contribution is 0.914. The summed E-state index contributed by atoms with van der Waals surface area (Å²) in [6, 6.07) is 14.3. The maximum Gasteiger partial charge on any atom is 0.215 e. The van der Waals surface area contributed by atoms with E-state index in [0.717, 1.165) is 16.8 Å². The first-order chi connectivity index (χ1) is 9.24. The highest BCUT2D eigenvalue weighted by atomic mass is 32.1. The second-order valence-electron chi connectivity index (χ2n) is 4.23. The molecule has 0 fully saturated rings. The van der Waals surface area contributed by atoms with Crippen LogP contribution < -0.4 is 5.32 Å². The highest BCUT2D eigenvalue weighted by Gasteiger charge is 2.04. The van der Waals surface area contributed by atoms with E-state index < -0.39 is 0 Å². The third-order valence-electron chi connectivity index (χ3n) is 2.92. The third kappa shape index (κ3) is 2.32. The Morgan fingerprint density at radius 3 is 2.79 bits per heavy atom. The maximum atomic E-state index is 5.00. The van der Waals surface area contributed by atoms with Gasteiger partial charge in [0.1, 0.15) is 5.69 Å². The number of aryl methyl sites for hydroxylation is 1. The van der Waals surface area contributed by atoms with Crippen LogP contribution in [0, 0.1) is 11.7 Å². The molecule has 4 nitrogen and oxygen atoms in total. The Morgan fingerprint density at radius 1 is 1.11 bits per heavy atom. The number of anilines is 2. The molecule has 0 aliphatic carbocycles. The van der Waals surface area contributed by atoms with Crippen LogP contribution in [0.1, 0.15) is 5.69 Å². The molecule has 0 atom stereocenters. The van der Waals surface area contributed by atoms with E-state index in [9.17, 15) is 0 Å². The molecule has 0 aliphatic heterocycles. The van der Waals surface area contributed by atoms with Gasteiger partial charge in [-0.15, -0.1) is 0 Å². The summed E-state index contributed by atoms with van der Waals surface area (Å²) in [5.41, 5.74) is 1.78. The van der Waals surface area contributed by atoms with Crippen molar-refractivity contribution in [3.63, 3.8) is 0 Å². The minimum atomic E-state index is 0.369. The van der Waals surface area contributed by atoms with Crippen molar-refractivity contribution >= 4 is 34.5 Å². The summed E-state index contributed by atoms with van der Waals surface area (Å²) in [7, 11) is 0. The number of aromatic amines is 1. The zero-order chi connectivity index (χ0) is 13.2. The molecule has 19 heavy (non-hydrogen) atoms. The zero-order valence-electron chi connectivity index (χ0n) is 10.3. The van der Waals surface area contributed by atoms with Gasteiger partial charge in [-0.05, 0) is 30.6 Å². The van der Waals surface area contributed by atoms with Gasteiger partial charge in [0.15, 0.2) is 5.82 Å². The molecule has 5 heteroatoms. The van der Waals surface area contributed by atoms with E-state index in [1.54, 1.807) is 0 Å². The molecular formula is C14H12N4S. The molecule has 2 aromatic carbocycles. The van der Waals surface area contributed by atoms with Crippen LogP contribution in [0.4, 0.5) is 11.5 Å². The van der Waals surface area contributed by atoms with E-state index >= 15 is 0 Å². The van der Waals surface area contributed by atoms with E-state index in [2.05, 4.69) is 38.7 Å². The Morgan fingerprint density at radius 2 is 1.89 bits per heavy atom. The second-order valence-corrected chi connectivity index (χ2v) is 4.61. The summed E-state index contributed by atoms with van der Waals surface area (Å²) in [5, 5.41) is 12.4. The average Bonchev–Trinajstić information content (AvgIpc) is 2.43. The summed E-state index contributed by atoms with van der Waals surface area (Å²) < 4.78 is 0.369. The maximum absolute atomic E-state index is 5.00. The van der Waals surface area contributed by atoms with Crippen LogP contribution in [0.3, 0.4) is 0 Å². The highest BCUT2D eigenvalue weighted by Crippen LogP contribution is 2.25. The van der Waals surface area contributed by atoms with Crippen molar-refractivity contribution in [2.45, 2.75) is 6.92 Å². The second kappa shape index (κ2) is 4.78. The monoisotopic (exact) mass is 268 g/mol. The lowest BCUT2D eigenvalue weighted by atomic mass is 10.1. The predicted molar refractivity (Wildman–Crippen MR) is 79.2 cm³/mol. The minimum absolute atomic E-state index is 0.369. The van der Waals surface area contributed by atoms with E-state index in [4.69, 9.17) is 12.2 Å². The molecule has 0 unspecified atom stereocenters. The number of H-pyrrole nitrogens is 1. The molecule has 0 bridgehead atoms. The van der Waals surface area contributed by atoms with Gasteiger partial charge in [-0.2, -0.15) is 10.1 Å². The third-order valence-corrected chi connectivity index (χ3v) is 3.10. The molecule has 1 aromatic heterocycles. The first kappa shape index (κ1) is 11.8. The van der Waals surface area contributed by atoms with Crippen molar-refractivity contribution in [3.05, 3.63) is 52.9 Å². The summed E-state index contributed by atoms with van der Waals surface area (Å²) >= 11 is 5.00. The standard InChI is InChI=1S/C14H12N4S/c1-9-13(16-14(19)18-17-9)15-12-8-4-6-10-5-2-3-7-11(10)12/h2-8H,1H3,(H2,15,16,18,19). The largest absolute Gasteiger partial charge is 0.338 e. The number of benzene rings is 2. The Hall–Kier alpha value is -2.27. The van der Waals surface area contributed by atoms with E-state index in [-0.39, 0.29) is 0 Å². The van der Waals surface area contributed by atoms with Crippen LogP contribution in [0.2, 0.25) is 0 Å². The molecule has 94 valence electrons. The van der Waals surface area contributed by atoms with Gasteiger partial charge >= 0.3 is 0 Å². The van der Waals surface area contributed by atoms with Crippen LogP contribution in [-0.4, -0.2) is 15.2 Å². The van der Waals surface area contributed by atoms with E-state index in [0.29, 0.717) is 10.6 Å². The van der Waals surface area contributed by atoms with Gasteiger partial charge in [-0.1, -0.05) is 36.4 Å². The van der Waals surface area contributed by atoms with Gasteiger partial charge in [0.25, 0.3) is 0 Å². The van der Waals surface area contributed by atoms with Crippen LogP contribution >= 0.6 is 12.2 Å². The van der Waals surface area contributed by atoms with Crippen molar-refractivity contribution in [2.24, 2.45) is 0 Å². The number of aromatic nitrogens is 3. The first-order valence-electron chi connectivity index (χ1n) is 5.92. The number of rotatable bonds is 2. The van der Waals surface area contributed by atoms with Crippen molar-refractivity contribution in [3.8, 4) is 0 Å². The van der Waals surface area contributed by atoms with Crippen molar-refractivity contribution in [1.29, 1.82) is 0 Å². The lowest BCUT2D eigenvalue weighted by Gasteiger charge is -2.10. The molecule has 0 saturated heterocycles. The van der Waals surface area contributed by atoms with Crippen LogP contribution in [-0.2, 0) is 0 Å². The topological polar surface area (TPSA) is 53.6 Å². The van der Waals surface area contributed by atoms with Crippen LogP contribution in [0.15, 0.2) is 42.5 Å². The molecule has 0 spiro atoms. The Labute approximate surface area is 115 Å². The number of hydrogen-bond acceptors (Lipinski definition) is 4. The van der Waals surface area contributed by atoms with Gasteiger partial charge in [0.05, 0.1) is 0 Å². The fourth-order valence-corrected chi connectivity index (χ4v) is 2.11. The minimum Gasteiger partial charge on any atom is -0.338 e. The van der Waals surface area contributed by atoms with Crippen LogP contribution in [0.5, 0.6) is 0 Å². The molecule has 0 saturated carbocycles. The Bertz CT molecular complexity index is 789. The summed E-state index contributed by atoms with van der Waals surface area (Å²) in [5.74, 6) is 0.681.